The van der Waals surface area contributed by atoms with Crippen molar-refractivity contribution in [3.05, 3.63) is 64.5 Å². The minimum Gasteiger partial charge on any atom is -0.497 e. The normalized spacial score (nSPS) is 11.0. The fraction of sp³-hybridized carbons (Fsp3) is 0.190. The van der Waals surface area contributed by atoms with E-state index < -0.39 is 5.76 Å². The third-order valence-corrected chi connectivity index (χ3v) is 4.61. The van der Waals surface area contributed by atoms with Crippen molar-refractivity contribution in [3.8, 4) is 17.2 Å². The molecule has 4 aromatic rings. The zero-order valence-corrected chi connectivity index (χ0v) is 16.2. The van der Waals surface area contributed by atoms with Gasteiger partial charge in [0.1, 0.15) is 11.5 Å². The summed E-state index contributed by atoms with van der Waals surface area (Å²) in [5.74, 6) is 1.00. The Morgan fingerprint density at radius 3 is 2.83 bits per heavy atom. The molecule has 0 atom stereocenters. The molecule has 0 radical (unpaired) electrons. The Hall–Kier alpha value is -3.81. The van der Waals surface area contributed by atoms with Gasteiger partial charge in [-0.25, -0.2) is 9.78 Å². The number of benzene rings is 2. The molecule has 0 aliphatic heterocycles. The number of methoxy groups -OCH3 is 1. The molecule has 8 nitrogen and oxygen atoms in total. The number of hydrogen-bond acceptors (Lipinski definition) is 6. The van der Waals surface area contributed by atoms with E-state index in [-0.39, 0.29) is 12.3 Å². The highest BCUT2D eigenvalue weighted by molar-refractivity contribution is 5.94. The van der Waals surface area contributed by atoms with Crippen LogP contribution in [0.2, 0.25) is 0 Å². The summed E-state index contributed by atoms with van der Waals surface area (Å²) in [6, 6.07) is 12.4. The lowest BCUT2D eigenvalue weighted by molar-refractivity contribution is -0.115. The zero-order valence-electron chi connectivity index (χ0n) is 16.2. The van der Waals surface area contributed by atoms with Gasteiger partial charge in [0.05, 0.1) is 24.7 Å². The Balaban J connectivity index is 1.52. The second-order valence-electron chi connectivity index (χ2n) is 6.59. The average Bonchev–Trinajstić information content (AvgIpc) is 3.21. The predicted octanol–water partition coefficient (Wildman–Crippen LogP) is 3.28. The lowest BCUT2D eigenvalue weighted by atomic mass is 10.2. The first-order chi connectivity index (χ1) is 13.9. The Bertz CT molecular complexity index is 1270. The molecule has 148 valence electrons. The SMILES string of the molecule is COc1cccc(-c2nc(CC(=O)Nc3ccc4oc(=O)n(C)c4c3)c(C)o2)c1. The number of fused-ring (bicyclic) bond motifs is 1. The van der Waals surface area contributed by atoms with E-state index >= 15 is 0 Å². The van der Waals surface area contributed by atoms with Crippen LogP contribution in [0.5, 0.6) is 5.75 Å². The summed E-state index contributed by atoms with van der Waals surface area (Å²) in [4.78, 5) is 28.6. The first-order valence-corrected chi connectivity index (χ1v) is 8.95. The van der Waals surface area contributed by atoms with Crippen molar-refractivity contribution in [2.75, 3.05) is 12.4 Å². The number of aryl methyl sites for hydroxylation is 2. The zero-order chi connectivity index (χ0) is 20.5. The monoisotopic (exact) mass is 393 g/mol. The van der Waals surface area contributed by atoms with Crippen molar-refractivity contribution in [2.24, 2.45) is 7.05 Å². The summed E-state index contributed by atoms with van der Waals surface area (Å²) in [5, 5.41) is 2.82. The number of aromatic nitrogens is 2. The van der Waals surface area contributed by atoms with E-state index in [0.717, 1.165) is 5.56 Å². The van der Waals surface area contributed by atoms with Gasteiger partial charge >= 0.3 is 5.76 Å². The number of nitrogens with one attached hydrogen (secondary N) is 1. The third-order valence-electron chi connectivity index (χ3n) is 4.61. The molecule has 0 saturated carbocycles. The number of anilines is 1. The average molecular weight is 393 g/mol. The van der Waals surface area contributed by atoms with Crippen molar-refractivity contribution in [3.63, 3.8) is 0 Å². The van der Waals surface area contributed by atoms with E-state index in [2.05, 4.69) is 10.3 Å². The summed E-state index contributed by atoms with van der Waals surface area (Å²) in [7, 11) is 3.20. The van der Waals surface area contributed by atoms with Crippen LogP contribution < -0.4 is 15.8 Å². The third kappa shape index (κ3) is 3.64. The number of oxazole rings is 2. The molecule has 4 rings (SSSR count). The summed E-state index contributed by atoms with van der Waals surface area (Å²) in [5.41, 5.74) is 2.95. The number of ether oxygens (including phenoxy) is 1. The maximum Gasteiger partial charge on any atom is 0.419 e. The number of hydrogen-bond donors (Lipinski definition) is 1. The van der Waals surface area contributed by atoms with Crippen LogP contribution in [0.3, 0.4) is 0 Å². The molecule has 8 heteroatoms. The van der Waals surface area contributed by atoms with Crippen LogP contribution in [0.15, 0.2) is 56.1 Å². The second kappa shape index (κ2) is 7.31. The van der Waals surface area contributed by atoms with Gasteiger partial charge in [-0.15, -0.1) is 0 Å². The van der Waals surface area contributed by atoms with Crippen LogP contribution in [-0.4, -0.2) is 22.6 Å². The maximum absolute atomic E-state index is 12.5. The van der Waals surface area contributed by atoms with Gasteiger partial charge < -0.3 is 18.9 Å². The van der Waals surface area contributed by atoms with Crippen LogP contribution in [0.25, 0.3) is 22.6 Å². The maximum atomic E-state index is 12.5. The molecule has 0 bridgehead atoms. The first kappa shape index (κ1) is 18.5. The van der Waals surface area contributed by atoms with Gasteiger partial charge in [0.2, 0.25) is 11.8 Å². The Morgan fingerprint density at radius 2 is 2.03 bits per heavy atom. The van der Waals surface area contributed by atoms with Gasteiger partial charge in [-0.2, -0.15) is 0 Å². The number of carbonyl (C=O) groups is 1. The fourth-order valence-electron chi connectivity index (χ4n) is 3.03. The number of carbonyl (C=O) groups excluding carboxylic acids is 1. The Morgan fingerprint density at radius 1 is 1.21 bits per heavy atom. The van der Waals surface area contributed by atoms with Gasteiger partial charge in [-0.1, -0.05) is 6.07 Å². The van der Waals surface area contributed by atoms with E-state index in [0.29, 0.717) is 39.9 Å². The number of amides is 1. The topological polar surface area (TPSA) is 99.5 Å². The molecular weight excluding hydrogens is 374 g/mol. The van der Waals surface area contributed by atoms with Gasteiger partial charge in [-0.3, -0.25) is 9.36 Å². The van der Waals surface area contributed by atoms with E-state index in [9.17, 15) is 9.59 Å². The van der Waals surface area contributed by atoms with Crippen molar-refractivity contribution in [2.45, 2.75) is 13.3 Å². The van der Waals surface area contributed by atoms with E-state index in [4.69, 9.17) is 13.6 Å². The molecule has 1 N–H and O–H groups in total. The Kier molecular flexibility index (Phi) is 4.67. The molecule has 2 aromatic heterocycles. The standard InChI is InChI=1S/C21H19N3O5/c1-12-16(23-20(28-12)13-5-4-6-15(9-13)27-3)11-19(25)22-14-7-8-18-17(10-14)24(2)21(26)29-18/h4-10H,11H2,1-3H3,(H,22,25). The van der Waals surface area contributed by atoms with Crippen LogP contribution in [-0.2, 0) is 18.3 Å². The van der Waals surface area contributed by atoms with Crippen molar-refractivity contribution in [1.29, 1.82) is 0 Å². The minimum absolute atomic E-state index is 0.0572. The van der Waals surface area contributed by atoms with E-state index in [1.165, 1.54) is 4.57 Å². The summed E-state index contributed by atoms with van der Waals surface area (Å²) in [6.45, 7) is 1.77. The summed E-state index contributed by atoms with van der Waals surface area (Å²) < 4.78 is 17.4. The van der Waals surface area contributed by atoms with E-state index in [1.54, 1.807) is 39.3 Å². The van der Waals surface area contributed by atoms with Crippen molar-refractivity contribution in [1.82, 2.24) is 9.55 Å². The van der Waals surface area contributed by atoms with Crippen molar-refractivity contribution < 1.29 is 18.4 Å². The molecule has 1 amide bonds. The second-order valence-corrected chi connectivity index (χ2v) is 6.59. The van der Waals surface area contributed by atoms with Crippen molar-refractivity contribution >= 4 is 22.7 Å². The first-order valence-electron chi connectivity index (χ1n) is 8.95. The highest BCUT2D eigenvalue weighted by Gasteiger charge is 2.16. The highest BCUT2D eigenvalue weighted by Crippen LogP contribution is 2.25. The van der Waals surface area contributed by atoms with Crippen LogP contribution in [0, 0.1) is 6.92 Å². The van der Waals surface area contributed by atoms with Gasteiger partial charge in [-0.05, 0) is 43.3 Å². The van der Waals surface area contributed by atoms with E-state index in [1.807, 2.05) is 24.3 Å². The molecule has 0 saturated heterocycles. The molecule has 0 spiro atoms. The molecule has 2 aromatic carbocycles. The van der Waals surface area contributed by atoms with Crippen LogP contribution >= 0.6 is 0 Å². The molecule has 0 aliphatic carbocycles. The molecule has 0 fully saturated rings. The lowest BCUT2D eigenvalue weighted by Gasteiger charge is -2.04. The highest BCUT2D eigenvalue weighted by atomic mass is 16.5. The molecule has 0 unspecified atom stereocenters. The molecule has 2 heterocycles. The molecule has 29 heavy (non-hydrogen) atoms. The number of nitrogens with zero attached hydrogens (tertiary/aromatic N) is 2. The predicted molar refractivity (Wildman–Crippen MR) is 107 cm³/mol. The van der Waals surface area contributed by atoms with Crippen LogP contribution in [0.1, 0.15) is 11.5 Å². The van der Waals surface area contributed by atoms with Gasteiger partial charge in [0, 0.05) is 18.3 Å². The summed E-state index contributed by atoms with van der Waals surface area (Å²) >= 11 is 0. The lowest BCUT2D eigenvalue weighted by Crippen LogP contribution is -2.15. The quantitative estimate of drug-likeness (QED) is 0.559. The summed E-state index contributed by atoms with van der Waals surface area (Å²) in [6.07, 6.45) is 0.0572. The van der Waals surface area contributed by atoms with Gasteiger partial charge in [0.25, 0.3) is 0 Å². The largest absolute Gasteiger partial charge is 0.497 e. The molecular formula is C21H19N3O5. The molecule has 0 aliphatic rings. The van der Waals surface area contributed by atoms with Crippen LogP contribution in [0.4, 0.5) is 5.69 Å². The minimum atomic E-state index is -0.452. The fourth-order valence-corrected chi connectivity index (χ4v) is 3.03. The smallest absolute Gasteiger partial charge is 0.419 e. The number of rotatable bonds is 5. The Labute approximate surface area is 165 Å². The van der Waals surface area contributed by atoms with Gasteiger partial charge in [0.15, 0.2) is 5.58 Å².